The maximum Gasteiger partial charge on any atom is 0.261 e. The number of carbonyl (C=O) groups excluding carboxylic acids is 1. The van der Waals surface area contributed by atoms with E-state index in [1.54, 1.807) is 0 Å². The van der Waals surface area contributed by atoms with Crippen LogP contribution in [-0.4, -0.2) is 12.0 Å². The normalized spacial score (nSPS) is 13.2. The van der Waals surface area contributed by atoms with Crippen molar-refractivity contribution in [3.8, 4) is 5.75 Å². The lowest BCUT2D eigenvalue weighted by Gasteiger charge is -2.21. The molecule has 0 aliphatic heterocycles. The second-order valence-corrected chi connectivity index (χ2v) is 6.11. The molecule has 2 atom stereocenters. The molecule has 0 aromatic heterocycles. The molecule has 1 N–H and O–H groups in total. The van der Waals surface area contributed by atoms with Crippen LogP contribution in [0.3, 0.4) is 0 Å². The SMILES string of the molecule is CCc1ccc([C@H](C)NC(=O)[C@H](CC)Oc2ccccc2C)cc1. The Hall–Kier alpha value is -2.29. The third-order valence-electron chi connectivity index (χ3n) is 4.27. The molecule has 0 aliphatic rings. The van der Waals surface area contributed by atoms with Crippen LogP contribution >= 0.6 is 0 Å². The van der Waals surface area contributed by atoms with E-state index in [2.05, 4.69) is 36.5 Å². The van der Waals surface area contributed by atoms with Crippen LogP contribution in [0.4, 0.5) is 0 Å². The Morgan fingerprint density at radius 3 is 2.33 bits per heavy atom. The minimum atomic E-state index is -0.483. The molecule has 0 spiro atoms. The summed E-state index contributed by atoms with van der Waals surface area (Å²) in [7, 11) is 0. The minimum Gasteiger partial charge on any atom is -0.480 e. The van der Waals surface area contributed by atoms with Gasteiger partial charge < -0.3 is 10.1 Å². The first kappa shape index (κ1) is 18.1. The Bertz CT molecular complexity index is 664. The molecule has 0 unspecified atom stereocenters. The van der Waals surface area contributed by atoms with E-state index in [0.717, 1.165) is 23.3 Å². The molecule has 0 heterocycles. The van der Waals surface area contributed by atoms with E-state index in [9.17, 15) is 4.79 Å². The van der Waals surface area contributed by atoms with E-state index in [1.165, 1.54) is 5.56 Å². The molecule has 128 valence electrons. The summed E-state index contributed by atoms with van der Waals surface area (Å²) in [6.45, 7) is 8.08. The van der Waals surface area contributed by atoms with Crippen molar-refractivity contribution in [3.63, 3.8) is 0 Å². The number of para-hydroxylation sites is 1. The molecule has 2 aromatic rings. The quantitative estimate of drug-likeness (QED) is 0.808. The van der Waals surface area contributed by atoms with Crippen LogP contribution in [0.2, 0.25) is 0 Å². The fourth-order valence-corrected chi connectivity index (χ4v) is 2.60. The Labute approximate surface area is 145 Å². The summed E-state index contributed by atoms with van der Waals surface area (Å²) in [5.74, 6) is 0.687. The number of aryl methyl sites for hydroxylation is 2. The fourth-order valence-electron chi connectivity index (χ4n) is 2.60. The van der Waals surface area contributed by atoms with Crippen molar-refractivity contribution in [2.75, 3.05) is 0 Å². The van der Waals surface area contributed by atoms with Gasteiger partial charge in [-0.3, -0.25) is 4.79 Å². The number of benzene rings is 2. The third kappa shape index (κ3) is 4.60. The molecule has 3 nitrogen and oxygen atoms in total. The highest BCUT2D eigenvalue weighted by molar-refractivity contribution is 5.81. The highest BCUT2D eigenvalue weighted by atomic mass is 16.5. The monoisotopic (exact) mass is 325 g/mol. The maximum absolute atomic E-state index is 12.6. The Balaban J connectivity index is 2.01. The summed E-state index contributed by atoms with van der Waals surface area (Å²) >= 11 is 0. The van der Waals surface area contributed by atoms with Gasteiger partial charge in [0, 0.05) is 0 Å². The predicted octanol–water partition coefficient (Wildman–Crippen LogP) is 4.59. The van der Waals surface area contributed by atoms with Gasteiger partial charge in [-0.2, -0.15) is 0 Å². The van der Waals surface area contributed by atoms with Gasteiger partial charge in [-0.05, 0) is 49.4 Å². The lowest BCUT2D eigenvalue weighted by Crippen LogP contribution is -2.39. The number of amides is 1. The van der Waals surface area contributed by atoms with Crippen LogP contribution in [-0.2, 0) is 11.2 Å². The molecule has 24 heavy (non-hydrogen) atoms. The summed E-state index contributed by atoms with van der Waals surface area (Å²) in [6, 6.07) is 16.1. The Morgan fingerprint density at radius 2 is 1.75 bits per heavy atom. The van der Waals surface area contributed by atoms with Gasteiger partial charge in [0.05, 0.1) is 6.04 Å². The van der Waals surface area contributed by atoms with Gasteiger partial charge in [0.25, 0.3) is 5.91 Å². The topological polar surface area (TPSA) is 38.3 Å². The number of ether oxygens (including phenoxy) is 1. The molecule has 0 aliphatic carbocycles. The van der Waals surface area contributed by atoms with E-state index in [0.29, 0.717) is 6.42 Å². The van der Waals surface area contributed by atoms with Gasteiger partial charge in [0.15, 0.2) is 6.10 Å². The summed E-state index contributed by atoms with van der Waals surface area (Å²) in [5.41, 5.74) is 3.44. The summed E-state index contributed by atoms with van der Waals surface area (Å²) in [4.78, 5) is 12.6. The van der Waals surface area contributed by atoms with Crippen LogP contribution in [0.15, 0.2) is 48.5 Å². The molecule has 0 bridgehead atoms. The largest absolute Gasteiger partial charge is 0.480 e. The van der Waals surface area contributed by atoms with Crippen LogP contribution < -0.4 is 10.1 Å². The van der Waals surface area contributed by atoms with E-state index in [-0.39, 0.29) is 11.9 Å². The van der Waals surface area contributed by atoms with Gasteiger partial charge in [-0.15, -0.1) is 0 Å². The second-order valence-electron chi connectivity index (χ2n) is 6.11. The Morgan fingerprint density at radius 1 is 1.08 bits per heavy atom. The average molecular weight is 325 g/mol. The van der Waals surface area contributed by atoms with Crippen molar-refractivity contribution in [1.82, 2.24) is 5.32 Å². The van der Waals surface area contributed by atoms with Crippen LogP contribution in [0.1, 0.15) is 49.9 Å². The summed E-state index contributed by atoms with van der Waals surface area (Å²) in [6.07, 6.45) is 1.16. The zero-order valence-electron chi connectivity index (χ0n) is 15.0. The average Bonchev–Trinajstić information content (AvgIpc) is 2.61. The van der Waals surface area contributed by atoms with E-state index < -0.39 is 6.10 Å². The van der Waals surface area contributed by atoms with Crippen molar-refractivity contribution < 1.29 is 9.53 Å². The van der Waals surface area contributed by atoms with Crippen molar-refractivity contribution >= 4 is 5.91 Å². The lowest BCUT2D eigenvalue weighted by atomic mass is 10.0. The van der Waals surface area contributed by atoms with E-state index >= 15 is 0 Å². The maximum atomic E-state index is 12.6. The molecule has 2 rings (SSSR count). The summed E-state index contributed by atoms with van der Waals surface area (Å²) < 4.78 is 5.92. The molecule has 2 aromatic carbocycles. The van der Waals surface area contributed by atoms with E-state index in [1.807, 2.05) is 45.0 Å². The lowest BCUT2D eigenvalue weighted by molar-refractivity contribution is -0.128. The molecule has 0 saturated heterocycles. The van der Waals surface area contributed by atoms with Gasteiger partial charge in [-0.1, -0.05) is 56.3 Å². The molecular weight excluding hydrogens is 298 g/mol. The number of hydrogen-bond acceptors (Lipinski definition) is 2. The van der Waals surface area contributed by atoms with Crippen molar-refractivity contribution in [2.45, 2.75) is 52.7 Å². The van der Waals surface area contributed by atoms with Gasteiger partial charge >= 0.3 is 0 Å². The van der Waals surface area contributed by atoms with Crippen LogP contribution in [0, 0.1) is 6.92 Å². The molecular formula is C21H27NO2. The van der Waals surface area contributed by atoms with E-state index in [4.69, 9.17) is 4.74 Å². The van der Waals surface area contributed by atoms with Crippen molar-refractivity contribution in [2.24, 2.45) is 0 Å². The Kier molecular flexibility index (Phi) is 6.42. The first-order valence-corrected chi connectivity index (χ1v) is 8.66. The second kappa shape index (κ2) is 8.53. The predicted molar refractivity (Wildman–Crippen MR) is 98.3 cm³/mol. The first-order valence-electron chi connectivity index (χ1n) is 8.66. The zero-order valence-corrected chi connectivity index (χ0v) is 15.0. The number of rotatable bonds is 7. The molecule has 3 heteroatoms. The van der Waals surface area contributed by atoms with Gasteiger partial charge in [-0.25, -0.2) is 0 Å². The molecule has 0 fully saturated rings. The van der Waals surface area contributed by atoms with Gasteiger partial charge in [0.2, 0.25) is 0 Å². The highest BCUT2D eigenvalue weighted by Crippen LogP contribution is 2.20. The third-order valence-corrected chi connectivity index (χ3v) is 4.27. The molecule has 1 amide bonds. The number of carbonyl (C=O) groups is 1. The molecule has 0 radical (unpaired) electrons. The van der Waals surface area contributed by atoms with Gasteiger partial charge in [0.1, 0.15) is 5.75 Å². The van der Waals surface area contributed by atoms with Crippen molar-refractivity contribution in [1.29, 1.82) is 0 Å². The standard InChI is InChI=1S/C21H27NO2/c1-5-17-11-13-18(14-12-17)16(4)22-21(23)19(6-2)24-20-10-8-7-9-15(20)3/h7-14,16,19H,5-6H2,1-4H3,(H,22,23)/t16-,19-/m0/s1. The number of nitrogens with one attached hydrogen (secondary N) is 1. The smallest absolute Gasteiger partial charge is 0.261 e. The highest BCUT2D eigenvalue weighted by Gasteiger charge is 2.21. The zero-order chi connectivity index (χ0) is 17.5. The molecule has 0 saturated carbocycles. The van der Waals surface area contributed by atoms with Crippen LogP contribution in [0.25, 0.3) is 0 Å². The fraction of sp³-hybridized carbons (Fsp3) is 0.381. The number of hydrogen-bond donors (Lipinski definition) is 1. The first-order chi connectivity index (χ1) is 11.5. The van der Waals surface area contributed by atoms with Crippen molar-refractivity contribution in [3.05, 3.63) is 65.2 Å². The van der Waals surface area contributed by atoms with Crippen LogP contribution in [0.5, 0.6) is 5.75 Å². The summed E-state index contributed by atoms with van der Waals surface area (Å²) in [5, 5.41) is 3.06. The minimum absolute atomic E-state index is 0.0436.